The van der Waals surface area contributed by atoms with Crippen LogP contribution in [0.2, 0.25) is 0 Å². The van der Waals surface area contributed by atoms with Gasteiger partial charge in [0.2, 0.25) is 0 Å². The number of morpholine rings is 1. The zero-order valence-corrected chi connectivity index (χ0v) is 13.2. The molecule has 1 N–H and O–H groups in total. The first-order valence-corrected chi connectivity index (χ1v) is 7.54. The lowest BCUT2D eigenvalue weighted by Gasteiger charge is -2.37. The number of likely N-dealkylation sites (N-methyl/N-ethyl adjacent to an activating group) is 1. The van der Waals surface area contributed by atoms with Crippen molar-refractivity contribution in [1.29, 1.82) is 0 Å². The van der Waals surface area contributed by atoms with E-state index in [-0.39, 0.29) is 0 Å². The van der Waals surface area contributed by atoms with Crippen LogP contribution in [-0.4, -0.2) is 44.3 Å². The minimum Gasteiger partial charge on any atom is -0.374 e. The third-order valence-electron chi connectivity index (χ3n) is 3.50. The van der Waals surface area contributed by atoms with Crippen LogP contribution in [0, 0.1) is 3.57 Å². The maximum Gasteiger partial charge on any atom is 0.0826 e. The van der Waals surface area contributed by atoms with Gasteiger partial charge in [-0.1, -0.05) is 12.1 Å². The van der Waals surface area contributed by atoms with Gasteiger partial charge < -0.3 is 10.1 Å². The van der Waals surface area contributed by atoms with Crippen molar-refractivity contribution in [3.8, 4) is 0 Å². The molecule has 2 rings (SSSR count). The molecule has 0 amide bonds. The van der Waals surface area contributed by atoms with E-state index in [1.165, 1.54) is 9.13 Å². The summed E-state index contributed by atoms with van der Waals surface area (Å²) in [5.74, 6) is 0. The van der Waals surface area contributed by atoms with Crippen LogP contribution in [-0.2, 0) is 4.74 Å². The summed E-state index contributed by atoms with van der Waals surface area (Å²) in [7, 11) is 1.98. The fraction of sp³-hybridized carbons (Fsp3) is 0.571. The van der Waals surface area contributed by atoms with Crippen LogP contribution >= 0.6 is 22.6 Å². The van der Waals surface area contributed by atoms with Crippen molar-refractivity contribution in [2.75, 3.05) is 33.3 Å². The minimum atomic E-state index is 0.315. The zero-order valence-electron chi connectivity index (χ0n) is 11.0. The number of nitrogens with one attached hydrogen (secondary N) is 1. The standard InChI is InChI=1S/C14H21IN2O/c1-11(12-3-5-13(15)6-4-12)17-7-8-18-14(10-17)9-16-2/h3-6,11,14,16H,7-10H2,1-2H3. The van der Waals surface area contributed by atoms with Crippen molar-refractivity contribution >= 4 is 22.6 Å². The van der Waals surface area contributed by atoms with E-state index in [4.69, 9.17) is 4.74 Å². The summed E-state index contributed by atoms with van der Waals surface area (Å²) in [6, 6.07) is 9.28. The fourth-order valence-electron chi connectivity index (χ4n) is 2.40. The Labute approximate surface area is 123 Å². The molecule has 2 atom stereocenters. The Hall–Kier alpha value is -0.170. The topological polar surface area (TPSA) is 24.5 Å². The SMILES string of the molecule is CNCC1CN(C(C)c2ccc(I)cc2)CCO1. The lowest BCUT2D eigenvalue weighted by atomic mass is 10.1. The van der Waals surface area contributed by atoms with E-state index in [1.807, 2.05) is 7.05 Å². The predicted octanol–water partition coefficient (Wildman–Crippen LogP) is 2.27. The van der Waals surface area contributed by atoms with Crippen molar-refractivity contribution in [2.45, 2.75) is 19.1 Å². The van der Waals surface area contributed by atoms with Gasteiger partial charge in [0.1, 0.15) is 0 Å². The van der Waals surface area contributed by atoms with Gasteiger partial charge in [0.15, 0.2) is 0 Å². The van der Waals surface area contributed by atoms with Crippen LogP contribution in [0.15, 0.2) is 24.3 Å². The Morgan fingerprint density at radius 2 is 2.17 bits per heavy atom. The van der Waals surface area contributed by atoms with Gasteiger partial charge in [-0.15, -0.1) is 0 Å². The minimum absolute atomic E-state index is 0.315. The van der Waals surface area contributed by atoms with Crippen LogP contribution in [0.5, 0.6) is 0 Å². The summed E-state index contributed by atoms with van der Waals surface area (Å²) in [5.41, 5.74) is 1.39. The monoisotopic (exact) mass is 360 g/mol. The molecular weight excluding hydrogens is 339 g/mol. The Balaban J connectivity index is 1.99. The average Bonchev–Trinajstić information content (AvgIpc) is 2.39. The summed E-state index contributed by atoms with van der Waals surface area (Å²) in [4.78, 5) is 2.51. The van der Waals surface area contributed by atoms with E-state index in [2.05, 4.69) is 64.0 Å². The van der Waals surface area contributed by atoms with Crippen LogP contribution in [0.3, 0.4) is 0 Å². The first kappa shape index (κ1) is 14.2. The zero-order chi connectivity index (χ0) is 13.0. The number of benzene rings is 1. The van der Waals surface area contributed by atoms with Gasteiger partial charge in [-0.05, 0) is 54.3 Å². The second-order valence-corrected chi connectivity index (χ2v) is 6.02. The third-order valence-corrected chi connectivity index (χ3v) is 4.22. The molecule has 3 nitrogen and oxygen atoms in total. The Morgan fingerprint density at radius 3 is 2.83 bits per heavy atom. The Morgan fingerprint density at radius 1 is 1.44 bits per heavy atom. The quantitative estimate of drug-likeness (QED) is 0.834. The molecule has 1 aromatic carbocycles. The smallest absolute Gasteiger partial charge is 0.0826 e. The molecular formula is C14H21IN2O. The van der Waals surface area contributed by atoms with E-state index in [9.17, 15) is 0 Å². The second-order valence-electron chi connectivity index (χ2n) is 4.77. The van der Waals surface area contributed by atoms with Crippen molar-refractivity contribution in [1.82, 2.24) is 10.2 Å². The normalized spacial score (nSPS) is 22.9. The molecule has 1 fully saturated rings. The van der Waals surface area contributed by atoms with Gasteiger partial charge in [-0.25, -0.2) is 0 Å². The molecule has 0 saturated carbocycles. The molecule has 0 bridgehead atoms. The van der Waals surface area contributed by atoms with Crippen LogP contribution < -0.4 is 5.32 Å². The molecule has 4 heteroatoms. The van der Waals surface area contributed by atoms with Crippen molar-refractivity contribution in [2.24, 2.45) is 0 Å². The summed E-state index contributed by atoms with van der Waals surface area (Å²) < 4.78 is 7.04. The third kappa shape index (κ3) is 3.66. The molecule has 0 spiro atoms. The van der Waals surface area contributed by atoms with E-state index < -0.39 is 0 Å². The molecule has 0 aromatic heterocycles. The average molecular weight is 360 g/mol. The highest BCUT2D eigenvalue weighted by atomic mass is 127. The lowest BCUT2D eigenvalue weighted by Crippen LogP contribution is -2.46. The Kier molecular flexibility index (Phi) is 5.41. The van der Waals surface area contributed by atoms with E-state index in [0.717, 1.165) is 26.2 Å². The molecule has 2 unspecified atom stereocenters. The predicted molar refractivity (Wildman–Crippen MR) is 82.8 cm³/mol. The molecule has 0 aliphatic carbocycles. The van der Waals surface area contributed by atoms with Gasteiger partial charge >= 0.3 is 0 Å². The second kappa shape index (κ2) is 6.84. The van der Waals surface area contributed by atoms with E-state index >= 15 is 0 Å². The number of ether oxygens (including phenoxy) is 1. The van der Waals surface area contributed by atoms with Gasteiger partial charge in [0.05, 0.1) is 12.7 Å². The summed E-state index contributed by atoms with van der Waals surface area (Å²) in [6.07, 6.45) is 0.315. The van der Waals surface area contributed by atoms with Gasteiger partial charge in [-0.3, -0.25) is 4.90 Å². The van der Waals surface area contributed by atoms with Crippen molar-refractivity contribution in [3.05, 3.63) is 33.4 Å². The number of hydrogen-bond donors (Lipinski definition) is 1. The molecule has 1 aliphatic heterocycles. The largest absolute Gasteiger partial charge is 0.374 e. The highest BCUT2D eigenvalue weighted by Crippen LogP contribution is 2.23. The molecule has 1 heterocycles. The summed E-state index contributed by atoms with van der Waals surface area (Å²) in [5, 5.41) is 3.19. The van der Waals surface area contributed by atoms with Gasteiger partial charge in [0.25, 0.3) is 0 Å². The molecule has 1 saturated heterocycles. The fourth-order valence-corrected chi connectivity index (χ4v) is 2.76. The Bertz CT molecular complexity index is 367. The first-order valence-electron chi connectivity index (χ1n) is 6.46. The molecule has 1 aromatic rings. The molecule has 100 valence electrons. The molecule has 0 radical (unpaired) electrons. The maximum atomic E-state index is 5.75. The van der Waals surface area contributed by atoms with E-state index in [0.29, 0.717) is 12.1 Å². The van der Waals surface area contributed by atoms with Crippen LogP contribution in [0.4, 0.5) is 0 Å². The van der Waals surface area contributed by atoms with Gasteiger partial charge in [0, 0.05) is 29.2 Å². The van der Waals surface area contributed by atoms with Gasteiger partial charge in [-0.2, -0.15) is 0 Å². The first-order chi connectivity index (χ1) is 8.70. The number of halogens is 1. The number of nitrogens with zero attached hydrogens (tertiary/aromatic N) is 1. The molecule has 18 heavy (non-hydrogen) atoms. The summed E-state index contributed by atoms with van der Waals surface area (Å²) in [6.45, 7) is 6.07. The number of rotatable bonds is 4. The molecule has 1 aliphatic rings. The van der Waals surface area contributed by atoms with Crippen LogP contribution in [0.1, 0.15) is 18.5 Å². The van der Waals surface area contributed by atoms with Crippen LogP contribution in [0.25, 0.3) is 0 Å². The highest BCUT2D eigenvalue weighted by molar-refractivity contribution is 14.1. The maximum absolute atomic E-state index is 5.75. The van der Waals surface area contributed by atoms with Crippen molar-refractivity contribution in [3.63, 3.8) is 0 Å². The summed E-state index contributed by atoms with van der Waals surface area (Å²) >= 11 is 2.35. The highest BCUT2D eigenvalue weighted by Gasteiger charge is 2.24. The van der Waals surface area contributed by atoms with E-state index in [1.54, 1.807) is 0 Å². The van der Waals surface area contributed by atoms with Crippen molar-refractivity contribution < 1.29 is 4.74 Å². The lowest BCUT2D eigenvalue weighted by molar-refractivity contribution is -0.0393. The number of hydrogen-bond acceptors (Lipinski definition) is 3.